The molecule has 33 heavy (non-hydrogen) atoms. The molecule has 2 N–H and O–H groups in total. The van der Waals surface area contributed by atoms with Crippen LogP contribution in [0.4, 0.5) is 11.6 Å². The van der Waals surface area contributed by atoms with Gasteiger partial charge >= 0.3 is 0 Å². The van der Waals surface area contributed by atoms with Gasteiger partial charge in [0.15, 0.2) is 0 Å². The van der Waals surface area contributed by atoms with Gasteiger partial charge in [-0.15, -0.1) is 0 Å². The van der Waals surface area contributed by atoms with E-state index in [-0.39, 0.29) is 0 Å². The molecule has 1 aliphatic heterocycles. The fourth-order valence-electron chi connectivity index (χ4n) is 5.36. The summed E-state index contributed by atoms with van der Waals surface area (Å²) in [7, 11) is 0. The molecule has 8 heteroatoms. The van der Waals surface area contributed by atoms with Gasteiger partial charge in [-0.1, -0.05) is 11.6 Å². The first-order valence-corrected chi connectivity index (χ1v) is 12.6. The van der Waals surface area contributed by atoms with Gasteiger partial charge in [0.05, 0.1) is 34.7 Å². The number of nitrogens with one attached hydrogen (secondary N) is 1. The lowest BCUT2D eigenvalue weighted by Gasteiger charge is -2.43. The van der Waals surface area contributed by atoms with Crippen LogP contribution >= 0.6 is 11.6 Å². The second-order valence-corrected chi connectivity index (χ2v) is 10.6. The van der Waals surface area contributed by atoms with Gasteiger partial charge in [0.1, 0.15) is 0 Å². The Labute approximate surface area is 199 Å². The van der Waals surface area contributed by atoms with Crippen molar-refractivity contribution in [2.45, 2.75) is 69.4 Å². The molecule has 0 radical (unpaired) electrons. The summed E-state index contributed by atoms with van der Waals surface area (Å²) in [5, 5.41) is 20.1. The van der Waals surface area contributed by atoms with E-state index in [0.29, 0.717) is 17.9 Å². The molecule has 0 atom stereocenters. The van der Waals surface area contributed by atoms with E-state index in [9.17, 15) is 5.11 Å². The Morgan fingerprint density at radius 1 is 1.15 bits per heavy atom. The number of hydrogen-bond donors (Lipinski definition) is 2. The predicted molar refractivity (Wildman–Crippen MR) is 130 cm³/mol. The van der Waals surface area contributed by atoms with Gasteiger partial charge in [-0.3, -0.25) is 4.68 Å². The van der Waals surface area contributed by atoms with Crippen LogP contribution in [0.5, 0.6) is 0 Å². The van der Waals surface area contributed by atoms with Crippen molar-refractivity contribution >= 4 is 34.1 Å². The Morgan fingerprint density at radius 2 is 1.94 bits per heavy atom. The van der Waals surface area contributed by atoms with Crippen LogP contribution in [-0.4, -0.2) is 55.0 Å². The maximum Gasteiger partial charge on any atom is 0.227 e. The third-order valence-corrected chi connectivity index (χ3v) is 8.04. The number of nitrogens with zero attached hydrogens (tertiary/aromatic N) is 5. The maximum atomic E-state index is 10.5. The largest absolute Gasteiger partial charge is 0.389 e. The third kappa shape index (κ3) is 4.22. The number of aliphatic hydroxyl groups is 1. The number of fused-ring (bicyclic) bond motifs is 1. The van der Waals surface area contributed by atoms with E-state index in [2.05, 4.69) is 38.0 Å². The summed E-state index contributed by atoms with van der Waals surface area (Å²) in [6.45, 7) is 4.90. The van der Waals surface area contributed by atoms with Crippen LogP contribution in [0.1, 0.15) is 68.2 Å². The molecule has 7 nitrogen and oxygen atoms in total. The number of likely N-dealkylation sites (tertiary alicyclic amines) is 1. The number of benzene rings is 1. The highest BCUT2D eigenvalue weighted by atomic mass is 35.5. The SMILES string of the molecule is Cc1c(Nc2ncc3cc(Cl)c(C4CCN(CC5(O)CCC5)CC4)cc3n2)cnn1C1CC1. The molecule has 3 aliphatic rings. The first kappa shape index (κ1) is 21.3. The Hall–Kier alpha value is -2.22. The van der Waals surface area contributed by atoms with Crippen molar-refractivity contribution in [2.24, 2.45) is 0 Å². The topological polar surface area (TPSA) is 79.1 Å². The van der Waals surface area contributed by atoms with Crippen LogP contribution < -0.4 is 5.32 Å². The molecule has 174 valence electrons. The number of anilines is 2. The van der Waals surface area contributed by atoms with Gasteiger partial charge in [-0.05, 0) is 88.6 Å². The molecule has 0 unspecified atom stereocenters. The summed E-state index contributed by atoms with van der Waals surface area (Å²) >= 11 is 6.70. The summed E-state index contributed by atoms with van der Waals surface area (Å²) < 4.78 is 2.09. The molecular weight excluding hydrogens is 436 g/mol. The Balaban J connectivity index is 1.19. The van der Waals surface area contributed by atoms with E-state index in [1.54, 1.807) is 0 Å². The van der Waals surface area contributed by atoms with E-state index in [1.807, 2.05) is 18.5 Å². The number of piperidine rings is 1. The second kappa shape index (κ2) is 8.22. The van der Waals surface area contributed by atoms with Crippen molar-refractivity contribution in [3.05, 3.63) is 40.8 Å². The highest BCUT2D eigenvalue weighted by Gasteiger charge is 2.37. The van der Waals surface area contributed by atoms with E-state index in [1.165, 1.54) is 18.4 Å². The number of halogens is 1. The predicted octanol–water partition coefficient (Wildman–Crippen LogP) is 4.96. The molecule has 3 aromatic rings. The number of rotatable bonds is 6. The Kier molecular flexibility index (Phi) is 5.31. The lowest BCUT2D eigenvalue weighted by molar-refractivity contribution is -0.0622. The van der Waals surface area contributed by atoms with Crippen molar-refractivity contribution in [1.29, 1.82) is 0 Å². The van der Waals surface area contributed by atoms with Gasteiger partial charge in [-0.2, -0.15) is 5.10 Å². The quantitative estimate of drug-likeness (QED) is 0.534. The minimum atomic E-state index is -0.443. The standard InChI is InChI=1S/C25H31ClN6O/c1-16-23(14-28-32(16)19-3-4-19)30-24-27-13-18-11-21(26)20(12-22(18)29-24)17-5-9-31(10-6-17)15-25(33)7-2-8-25/h11-14,17,19,33H,2-10,15H2,1H3,(H,27,29,30). The van der Waals surface area contributed by atoms with Gasteiger partial charge in [0, 0.05) is 23.2 Å². The first-order chi connectivity index (χ1) is 16.0. The van der Waals surface area contributed by atoms with E-state index < -0.39 is 5.60 Å². The van der Waals surface area contributed by atoms with Crippen molar-refractivity contribution in [1.82, 2.24) is 24.6 Å². The summed E-state index contributed by atoms with van der Waals surface area (Å²) in [4.78, 5) is 11.7. The normalized spacial score (nSPS) is 21.3. The van der Waals surface area contributed by atoms with Crippen LogP contribution in [0.3, 0.4) is 0 Å². The van der Waals surface area contributed by atoms with Gasteiger partial charge in [0.2, 0.25) is 5.95 Å². The Bertz CT molecular complexity index is 1180. The van der Waals surface area contributed by atoms with Crippen LogP contribution in [0.15, 0.2) is 24.5 Å². The average Bonchev–Trinajstić information content (AvgIpc) is 3.57. The van der Waals surface area contributed by atoms with E-state index >= 15 is 0 Å². The number of β-amino-alcohol motifs (C(OH)–C–C–N with tert-alkyl or cyclic N) is 1. The average molecular weight is 467 g/mol. The summed E-state index contributed by atoms with van der Waals surface area (Å²) in [5.74, 6) is 0.998. The summed E-state index contributed by atoms with van der Waals surface area (Å²) in [5.41, 5.74) is 3.72. The lowest BCUT2D eigenvalue weighted by Crippen LogP contribution is -2.49. The zero-order valence-electron chi connectivity index (χ0n) is 19.1. The molecule has 0 amide bonds. The van der Waals surface area contributed by atoms with E-state index in [4.69, 9.17) is 16.6 Å². The summed E-state index contributed by atoms with van der Waals surface area (Å²) in [6.07, 6.45) is 11.3. The van der Waals surface area contributed by atoms with Crippen LogP contribution in [0.2, 0.25) is 5.02 Å². The minimum absolute atomic E-state index is 0.416. The number of aromatic nitrogens is 4. The van der Waals surface area contributed by atoms with Crippen molar-refractivity contribution in [3.63, 3.8) is 0 Å². The molecular formula is C25H31ClN6O. The highest BCUT2D eigenvalue weighted by Crippen LogP contribution is 2.38. The first-order valence-electron chi connectivity index (χ1n) is 12.2. The molecule has 6 rings (SSSR count). The number of hydrogen-bond acceptors (Lipinski definition) is 6. The maximum absolute atomic E-state index is 10.5. The molecule has 0 bridgehead atoms. The van der Waals surface area contributed by atoms with E-state index in [0.717, 1.165) is 79.0 Å². The van der Waals surface area contributed by atoms with Gasteiger partial charge in [0.25, 0.3) is 0 Å². The smallest absolute Gasteiger partial charge is 0.227 e. The highest BCUT2D eigenvalue weighted by molar-refractivity contribution is 6.32. The zero-order chi connectivity index (χ0) is 22.6. The van der Waals surface area contributed by atoms with Crippen LogP contribution in [-0.2, 0) is 0 Å². The minimum Gasteiger partial charge on any atom is -0.389 e. The lowest BCUT2D eigenvalue weighted by atomic mass is 9.79. The Morgan fingerprint density at radius 3 is 2.64 bits per heavy atom. The molecule has 3 heterocycles. The monoisotopic (exact) mass is 466 g/mol. The fraction of sp³-hybridized carbons (Fsp3) is 0.560. The molecule has 0 spiro atoms. The molecule has 2 saturated carbocycles. The van der Waals surface area contributed by atoms with Crippen molar-refractivity contribution < 1.29 is 5.11 Å². The molecule has 1 aromatic carbocycles. The van der Waals surface area contributed by atoms with Crippen molar-refractivity contribution in [2.75, 3.05) is 25.0 Å². The second-order valence-electron chi connectivity index (χ2n) is 10.2. The van der Waals surface area contributed by atoms with Gasteiger partial charge in [-0.25, -0.2) is 9.97 Å². The molecule has 2 aromatic heterocycles. The van der Waals surface area contributed by atoms with Gasteiger partial charge < -0.3 is 15.3 Å². The molecule has 1 saturated heterocycles. The fourth-order valence-corrected chi connectivity index (χ4v) is 5.68. The summed E-state index contributed by atoms with van der Waals surface area (Å²) in [6, 6.07) is 4.69. The van der Waals surface area contributed by atoms with Crippen LogP contribution in [0.25, 0.3) is 10.9 Å². The molecule has 3 fully saturated rings. The third-order valence-electron chi connectivity index (χ3n) is 7.71. The van der Waals surface area contributed by atoms with Crippen molar-refractivity contribution in [3.8, 4) is 0 Å². The zero-order valence-corrected chi connectivity index (χ0v) is 19.9. The molecule has 2 aliphatic carbocycles. The van der Waals surface area contributed by atoms with Crippen LogP contribution in [0, 0.1) is 6.92 Å².